The molecule has 1 aliphatic carbocycles. The summed E-state index contributed by atoms with van der Waals surface area (Å²) in [5.74, 6) is 1.69. The number of hydrogen-bond acceptors (Lipinski definition) is 5. The van der Waals surface area contributed by atoms with Crippen LogP contribution in [0.5, 0.6) is 0 Å². The van der Waals surface area contributed by atoms with E-state index in [-0.39, 0.29) is 28.9 Å². The molecule has 31 heavy (non-hydrogen) atoms. The van der Waals surface area contributed by atoms with Gasteiger partial charge in [0, 0.05) is 25.8 Å². The van der Waals surface area contributed by atoms with Crippen molar-refractivity contribution in [2.75, 3.05) is 25.1 Å². The monoisotopic (exact) mass is 452 g/mol. The summed E-state index contributed by atoms with van der Waals surface area (Å²) in [5.41, 5.74) is 0.361. The zero-order valence-corrected chi connectivity index (χ0v) is 20.2. The summed E-state index contributed by atoms with van der Waals surface area (Å²) in [7, 11) is 0. The van der Waals surface area contributed by atoms with Crippen LogP contribution in [0, 0.1) is 29.1 Å². The Morgan fingerprint density at radius 3 is 2.65 bits per heavy atom. The van der Waals surface area contributed by atoms with E-state index >= 15 is 0 Å². The van der Waals surface area contributed by atoms with Gasteiger partial charge in [0.1, 0.15) is 11.6 Å². The van der Waals surface area contributed by atoms with Crippen LogP contribution in [-0.2, 0) is 16.1 Å². The van der Waals surface area contributed by atoms with E-state index in [0.717, 1.165) is 37.2 Å². The third kappa shape index (κ3) is 5.43. The van der Waals surface area contributed by atoms with Gasteiger partial charge in [0.15, 0.2) is 0 Å². The van der Waals surface area contributed by atoms with Crippen molar-refractivity contribution < 1.29 is 9.53 Å². The summed E-state index contributed by atoms with van der Waals surface area (Å²) in [6.07, 6.45) is 4.46. The fourth-order valence-corrected chi connectivity index (χ4v) is 5.04. The summed E-state index contributed by atoms with van der Waals surface area (Å²) in [6.45, 7) is 13.4. The molecule has 2 heterocycles. The summed E-state index contributed by atoms with van der Waals surface area (Å²) in [4.78, 5) is 25.0. The Hall–Kier alpha value is -1.60. The first-order valence-corrected chi connectivity index (χ1v) is 11.9. The first-order valence-electron chi connectivity index (χ1n) is 11.5. The number of halogens is 1. The molecule has 174 valence electrons. The first-order chi connectivity index (χ1) is 14.6. The van der Waals surface area contributed by atoms with E-state index in [2.05, 4.69) is 50.4 Å². The number of aromatic nitrogens is 2. The molecule has 3 rings (SSSR count). The van der Waals surface area contributed by atoms with Crippen LogP contribution < -0.4 is 16.2 Å². The molecule has 2 N–H and O–H groups in total. The van der Waals surface area contributed by atoms with Crippen LogP contribution in [0.1, 0.15) is 53.9 Å². The lowest BCUT2D eigenvalue weighted by Gasteiger charge is -2.50. The second kappa shape index (κ2) is 9.90. The Bertz CT molecular complexity index is 835. The van der Waals surface area contributed by atoms with Crippen LogP contribution in [0.2, 0.25) is 5.02 Å². The fraction of sp³-hybridized carbons (Fsp3) is 0.783. The van der Waals surface area contributed by atoms with Gasteiger partial charge in [-0.3, -0.25) is 9.59 Å². The highest BCUT2D eigenvalue weighted by molar-refractivity contribution is 6.32. The maximum Gasteiger partial charge on any atom is 0.288 e. The number of ether oxygens (including phenoxy) is 1. The number of carbonyl (C=O) groups is 1. The van der Waals surface area contributed by atoms with Crippen LogP contribution in [0.4, 0.5) is 5.69 Å². The zero-order valence-electron chi connectivity index (χ0n) is 19.4. The quantitative estimate of drug-likeness (QED) is 0.689. The van der Waals surface area contributed by atoms with E-state index in [1.807, 2.05) is 0 Å². The van der Waals surface area contributed by atoms with Gasteiger partial charge in [-0.15, -0.1) is 0 Å². The minimum absolute atomic E-state index is 0.0876. The minimum atomic E-state index is -0.447. The summed E-state index contributed by atoms with van der Waals surface area (Å²) < 4.78 is 6.47. The van der Waals surface area contributed by atoms with E-state index in [9.17, 15) is 9.59 Å². The van der Waals surface area contributed by atoms with Gasteiger partial charge in [-0.1, -0.05) is 46.2 Å². The third-order valence-corrected chi connectivity index (χ3v) is 8.39. The van der Waals surface area contributed by atoms with Crippen molar-refractivity contribution in [2.24, 2.45) is 29.1 Å². The van der Waals surface area contributed by atoms with Gasteiger partial charge in [0.25, 0.3) is 5.56 Å². The van der Waals surface area contributed by atoms with Gasteiger partial charge in [0.2, 0.25) is 5.91 Å². The predicted octanol–water partition coefficient (Wildman–Crippen LogP) is 3.56. The number of anilines is 1. The number of amides is 1. The highest BCUT2D eigenvalue weighted by Crippen LogP contribution is 2.48. The lowest BCUT2D eigenvalue weighted by molar-refractivity contribution is -0.122. The molecule has 0 unspecified atom stereocenters. The van der Waals surface area contributed by atoms with Gasteiger partial charge in [-0.25, -0.2) is 4.68 Å². The summed E-state index contributed by atoms with van der Waals surface area (Å²) >= 11 is 6.39. The average Bonchev–Trinajstić information content (AvgIpc) is 2.75. The van der Waals surface area contributed by atoms with E-state index in [1.54, 1.807) is 6.20 Å². The molecule has 1 aromatic rings. The minimum Gasteiger partial charge on any atom is -0.381 e. The number of hydrogen-bond donors (Lipinski definition) is 2. The molecule has 0 spiro atoms. The molecular formula is C23H37ClN4O3. The molecule has 1 saturated heterocycles. The summed E-state index contributed by atoms with van der Waals surface area (Å²) in [6, 6.07) is 0.218. The predicted molar refractivity (Wildman–Crippen MR) is 123 cm³/mol. The molecule has 8 heteroatoms. The Balaban J connectivity index is 1.62. The molecule has 1 saturated carbocycles. The highest BCUT2D eigenvalue weighted by Gasteiger charge is 2.43. The molecule has 0 bridgehead atoms. The van der Waals surface area contributed by atoms with Gasteiger partial charge in [0.05, 0.1) is 11.9 Å². The molecule has 1 amide bonds. The lowest BCUT2D eigenvalue weighted by Crippen LogP contribution is -2.48. The molecule has 2 aliphatic rings. The molecule has 1 aliphatic heterocycles. The Morgan fingerprint density at radius 2 is 1.97 bits per heavy atom. The first kappa shape index (κ1) is 24.1. The second-order valence-electron chi connectivity index (χ2n) is 10.1. The number of carbonyl (C=O) groups excluding carboxylic acids is 1. The van der Waals surface area contributed by atoms with Crippen LogP contribution in [0.25, 0.3) is 0 Å². The van der Waals surface area contributed by atoms with Crippen LogP contribution in [0.3, 0.4) is 0 Å². The Kier molecular flexibility index (Phi) is 7.68. The largest absolute Gasteiger partial charge is 0.381 e. The molecular weight excluding hydrogens is 416 g/mol. The summed E-state index contributed by atoms with van der Waals surface area (Å²) in [5, 5.41) is 10.7. The van der Waals surface area contributed by atoms with Gasteiger partial charge >= 0.3 is 0 Å². The molecule has 0 aromatic carbocycles. The van der Waals surface area contributed by atoms with Crippen molar-refractivity contribution in [3.8, 4) is 0 Å². The molecule has 1 aromatic heterocycles. The van der Waals surface area contributed by atoms with E-state index in [0.29, 0.717) is 35.9 Å². The standard InChI is InChI=1S/C23H37ClN4O3/c1-14-10-18(15(2)16(3)23(14,4)5)27-19-12-26-28(22(30)21(19)24)13-20(29)25-11-17-6-8-31-9-7-17/h12,14-18,27H,6-11,13H2,1-5H3,(H,25,29)/t14-,15+,16+,18+/m0/s1. The topological polar surface area (TPSA) is 85.2 Å². The second-order valence-corrected chi connectivity index (χ2v) is 10.4. The van der Waals surface area contributed by atoms with E-state index < -0.39 is 5.56 Å². The van der Waals surface area contributed by atoms with Crippen molar-refractivity contribution in [3.63, 3.8) is 0 Å². The average molecular weight is 453 g/mol. The lowest BCUT2D eigenvalue weighted by atomic mass is 9.58. The normalized spacial score (nSPS) is 28.8. The van der Waals surface area contributed by atoms with Crippen molar-refractivity contribution in [2.45, 2.75) is 66.5 Å². The van der Waals surface area contributed by atoms with Gasteiger partial charge in [-0.2, -0.15) is 5.10 Å². The van der Waals surface area contributed by atoms with Gasteiger partial charge in [-0.05, 0) is 48.3 Å². The van der Waals surface area contributed by atoms with Gasteiger partial charge < -0.3 is 15.4 Å². The SMILES string of the molecule is C[C@@H]1[C@@H](C)C(C)(C)[C@@H](C)C[C@H]1Nc1cnn(CC(=O)NCC2CCOCC2)c(=O)c1Cl. The number of nitrogens with one attached hydrogen (secondary N) is 2. The Morgan fingerprint density at radius 1 is 1.29 bits per heavy atom. The maximum atomic E-state index is 12.7. The van der Waals surface area contributed by atoms with E-state index in [4.69, 9.17) is 16.3 Å². The zero-order chi connectivity index (χ0) is 22.8. The molecule has 2 fully saturated rings. The van der Waals surface area contributed by atoms with Crippen LogP contribution in [0.15, 0.2) is 11.0 Å². The van der Waals surface area contributed by atoms with Crippen molar-refractivity contribution >= 4 is 23.2 Å². The Labute approximate surface area is 190 Å². The number of nitrogens with zero attached hydrogens (tertiary/aromatic N) is 2. The smallest absolute Gasteiger partial charge is 0.288 e. The van der Waals surface area contributed by atoms with Crippen LogP contribution >= 0.6 is 11.6 Å². The van der Waals surface area contributed by atoms with Crippen molar-refractivity contribution in [1.29, 1.82) is 0 Å². The van der Waals surface area contributed by atoms with E-state index in [1.165, 1.54) is 0 Å². The highest BCUT2D eigenvalue weighted by atomic mass is 35.5. The molecule has 0 radical (unpaired) electrons. The van der Waals surface area contributed by atoms with Crippen molar-refractivity contribution in [1.82, 2.24) is 15.1 Å². The third-order valence-electron chi connectivity index (χ3n) is 8.02. The van der Waals surface area contributed by atoms with Crippen molar-refractivity contribution in [3.05, 3.63) is 21.6 Å². The number of rotatable bonds is 6. The molecule has 4 atom stereocenters. The maximum absolute atomic E-state index is 12.7. The molecule has 7 nitrogen and oxygen atoms in total. The van der Waals surface area contributed by atoms with Crippen LogP contribution in [-0.4, -0.2) is 41.5 Å². The fourth-order valence-electron chi connectivity index (χ4n) is 4.84.